The smallest absolute Gasteiger partial charge is 0.106 e. The number of aromatic nitrogens is 2. The Kier molecular flexibility index (Phi) is 2.29. The van der Waals surface area contributed by atoms with Crippen LogP contribution in [-0.2, 0) is 11.8 Å². The summed E-state index contributed by atoms with van der Waals surface area (Å²) in [6, 6.07) is 6.48. The van der Waals surface area contributed by atoms with E-state index in [2.05, 4.69) is 55.9 Å². The van der Waals surface area contributed by atoms with Crippen molar-refractivity contribution >= 4 is 11.0 Å². The second kappa shape index (κ2) is 3.37. The number of hydrogen-bond donors (Lipinski definition) is 1. The van der Waals surface area contributed by atoms with Gasteiger partial charge in [0.25, 0.3) is 0 Å². The van der Waals surface area contributed by atoms with E-state index in [-0.39, 0.29) is 5.41 Å². The Hall–Kier alpha value is -1.31. The summed E-state index contributed by atoms with van der Waals surface area (Å²) in [5, 5.41) is 0. The predicted molar refractivity (Wildman–Crippen MR) is 64.2 cm³/mol. The molecule has 15 heavy (non-hydrogen) atoms. The summed E-state index contributed by atoms with van der Waals surface area (Å²) in [6.45, 7) is 8.80. The van der Waals surface area contributed by atoms with E-state index in [0.29, 0.717) is 0 Å². The van der Waals surface area contributed by atoms with E-state index in [4.69, 9.17) is 0 Å². The fraction of sp³-hybridized carbons (Fsp3) is 0.462. The maximum absolute atomic E-state index is 4.50. The first-order valence-electron chi connectivity index (χ1n) is 5.50. The number of H-pyrrole nitrogens is 1. The number of rotatable bonds is 1. The van der Waals surface area contributed by atoms with E-state index >= 15 is 0 Å². The van der Waals surface area contributed by atoms with Gasteiger partial charge in [0.05, 0.1) is 11.0 Å². The van der Waals surface area contributed by atoms with E-state index in [1.165, 1.54) is 5.56 Å². The highest BCUT2D eigenvalue weighted by Gasteiger charge is 2.14. The maximum atomic E-state index is 4.50. The number of benzene rings is 1. The number of hydrogen-bond acceptors (Lipinski definition) is 1. The van der Waals surface area contributed by atoms with Crippen molar-refractivity contribution < 1.29 is 0 Å². The molecule has 1 N–H and O–H groups in total. The molecule has 0 radical (unpaired) electrons. The Morgan fingerprint density at radius 2 is 2.00 bits per heavy atom. The average molecular weight is 202 g/mol. The quantitative estimate of drug-likeness (QED) is 0.754. The first kappa shape index (κ1) is 10.2. The SMILES string of the molecule is CCc1nc2ccc(C(C)(C)C)cc2[nH]1. The molecule has 2 heteroatoms. The minimum absolute atomic E-state index is 0.200. The number of fused-ring (bicyclic) bond motifs is 1. The van der Waals surface area contributed by atoms with Gasteiger partial charge >= 0.3 is 0 Å². The Balaban J connectivity index is 2.55. The van der Waals surface area contributed by atoms with Crippen LogP contribution in [0.15, 0.2) is 18.2 Å². The molecule has 1 aromatic heterocycles. The van der Waals surface area contributed by atoms with E-state index in [9.17, 15) is 0 Å². The lowest BCUT2D eigenvalue weighted by atomic mass is 9.87. The van der Waals surface area contributed by atoms with Crippen molar-refractivity contribution in [2.24, 2.45) is 0 Å². The Labute approximate surface area is 90.7 Å². The topological polar surface area (TPSA) is 28.7 Å². The van der Waals surface area contributed by atoms with E-state index in [1.54, 1.807) is 0 Å². The molecule has 0 saturated carbocycles. The summed E-state index contributed by atoms with van der Waals surface area (Å²) in [5.74, 6) is 1.07. The van der Waals surface area contributed by atoms with Gasteiger partial charge in [0.2, 0.25) is 0 Å². The molecular formula is C13H18N2. The number of aryl methyl sites for hydroxylation is 1. The molecular weight excluding hydrogens is 184 g/mol. The van der Waals surface area contributed by atoms with Crippen LogP contribution in [0.4, 0.5) is 0 Å². The minimum Gasteiger partial charge on any atom is -0.342 e. The lowest BCUT2D eigenvalue weighted by Gasteiger charge is -2.18. The van der Waals surface area contributed by atoms with Crippen molar-refractivity contribution in [2.45, 2.75) is 39.5 Å². The molecule has 80 valence electrons. The number of imidazole rings is 1. The van der Waals surface area contributed by atoms with Crippen LogP contribution in [0.2, 0.25) is 0 Å². The largest absolute Gasteiger partial charge is 0.342 e. The van der Waals surface area contributed by atoms with Crippen molar-refractivity contribution in [1.29, 1.82) is 0 Å². The van der Waals surface area contributed by atoms with Crippen LogP contribution in [0.3, 0.4) is 0 Å². The number of aromatic amines is 1. The zero-order chi connectivity index (χ0) is 11.1. The highest BCUT2D eigenvalue weighted by Crippen LogP contribution is 2.25. The monoisotopic (exact) mass is 202 g/mol. The van der Waals surface area contributed by atoms with Crippen LogP contribution in [-0.4, -0.2) is 9.97 Å². The van der Waals surface area contributed by atoms with Crippen LogP contribution >= 0.6 is 0 Å². The highest BCUT2D eigenvalue weighted by atomic mass is 14.9. The molecule has 0 saturated heterocycles. The Bertz CT molecular complexity index is 475. The molecule has 0 aliphatic carbocycles. The van der Waals surface area contributed by atoms with Crippen LogP contribution in [0.1, 0.15) is 39.1 Å². The van der Waals surface area contributed by atoms with Crippen LogP contribution in [0, 0.1) is 0 Å². The van der Waals surface area contributed by atoms with Crippen molar-refractivity contribution in [2.75, 3.05) is 0 Å². The van der Waals surface area contributed by atoms with Gasteiger partial charge in [0.1, 0.15) is 5.82 Å². The van der Waals surface area contributed by atoms with Crippen LogP contribution < -0.4 is 0 Å². The first-order chi connectivity index (χ1) is 7.00. The van der Waals surface area contributed by atoms with Gasteiger partial charge in [-0.2, -0.15) is 0 Å². The summed E-state index contributed by atoms with van der Waals surface area (Å²) in [5.41, 5.74) is 3.77. The number of nitrogens with zero attached hydrogens (tertiary/aromatic N) is 1. The van der Waals surface area contributed by atoms with Gasteiger partial charge in [0.15, 0.2) is 0 Å². The first-order valence-corrected chi connectivity index (χ1v) is 5.50. The van der Waals surface area contributed by atoms with Gasteiger partial charge in [-0.05, 0) is 23.1 Å². The third-order valence-electron chi connectivity index (χ3n) is 2.73. The van der Waals surface area contributed by atoms with Gasteiger partial charge in [0, 0.05) is 6.42 Å². The van der Waals surface area contributed by atoms with E-state index in [1.807, 2.05) is 0 Å². The van der Waals surface area contributed by atoms with Gasteiger partial charge < -0.3 is 4.98 Å². The number of nitrogens with one attached hydrogen (secondary N) is 1. The van der Waals surface area contributed by atoms with Crippen molar-refractivity contribution in [1.82, 2.24) is 9.97 Å². The summed E-state index contributed by atoms with van der Waals surface area (Å²) in [6.07, 6.45) is 0.958. The molecule has 1 aromatic carbocycles. The molecule has 1 heterocycles. The van der Waals surface area contributed by atoms with Crippen molar-refractivity contribution in [3.8, 4) is 0 Å². The fourth-order valence-corrected chi connectivity index (χ4v) is 1.70. The third kappa shape index (κ3) is 1.89. The molecule has 0 aliphatic rings. The molecule has 2 rings (SSSR count). The van der Waals surface area contributed by atoms with Crippen LogP contribution in [0.5, 0.6) is 0 Å². The molecule has 2 nitrogen and oxygen atoms in total. The van der Waals surface area contributed by atoms with Gasteiger partial charge in [-0.25, -0.2) is 4.98 Å². The zero-order valence-electron chi connectivity index (χ0n) is 9.89. The van der Waals surface area contributed by atoms with Crippen molar-refractivity contribution in [3.05, 3.63) is 29.6 Å². The predicted octanol–water partition coefficient (Wildman–Crippen LogP) is 3.42. The van der Waals surface area contributed by atoms with Gasteiger partial charge in [-0.1, -0.05) is 33.8 Å². The lowest BCUT2D eigenvalue weighted by molar-refractivity contribution is 0.591. The average Bonchev–Trinajstić information content (AvgIpc) is 2.57. The molecule has 0 fully saturated rings. The normalized spacial score (nSPS) is 12.3. The summed E-state index contributed by atoms with van der Waals surface area (Å²) in [4.78, 5) is 7.85. The molecule has 0 bridgehead atoms. The maximum Gasteiger partial charge on any atom is 0.106 e. The molecule has 0 unspecified atom stereocenters. The fourth-order valence-electron chi connectivity index (χ4n) is 1.70. The van der Waals surface area contributed by atoms with Crippen molar-refractivity contribution in [3.63, 3.8) is 0 Å². The molecule has 0 spiro atoms. The van der Waals surface area contributed by atoms with Gasteiger partial charge in [-0.3, -0.25) is 0 Å². The summed E-state index contributed by atoms with van der Waals surface area (Å²) in [7, 11) is 0. The standard InChI is InChI=1S/C13H18N2/c1-5-12-14-10-7-6-9(13(2,3)4)8-11(10)15-12/h6-8H,5H2,1-4H3,(H,14,15). The second-order valence-electron chi connectivity index (χ2n) is 5.02. The molecule has 2 aromatic rings. The third-order valence-corrected chi connectivity index (χ3v) is 2.73. The highest BCUT2D eigenvalue weighted by molar-refractivity contribution is 5.76. The van der Waals surface area contributed by atoms with E-state index < -0.39 is 0 Å². The summed E-state index contributed by atoms with van der Waals surface area (Å²) >= 11 is 0. The molecule has 0 aliphatic heterocycles. The van der Waals surface area contributed by atoms with E-state index in [0.717, 1.165) is 23.3 Å². The molecule has 0 amide bonds. The molecule has 0 atom stereocenters. The Morgan fingerprint density at radius 3 is 2.60 bits per heavy atom. The summed E-state index contributed by atoms with van der Waals surface area (Å²) < 4.78 is 0. The Morgan fingerprint density at radius 1 is 1.27 bits per heavy atom. The minimum atomic E-state index is 0.200. The second-order valence-corrected chi connectivity index (χ2v) is 5.02. The lowest BCUT2D eigenvalue weighted by Crippen LogP contribution is -2.10. The van der Waals surface area contributed by atoms with Gasteiger partial charge in [-0.15, -0.1) is 0 Å². The zero-order valence-corrected chi connectivity index (χ0v) is 9.89. The van der Waals surface area contributed by atoms with Crippen LogP contribution in [0.25, 0.3) is 11.0 Å².